The fourth-order valence-corrected chi connectivity index (χ4v) is 3.58. The molecule has 1 aliphatic heterocycles. The highest BCUT2D eigenvalue weighted by molar-refractivity contribution is 5.15. The topological polar surface area (TPSA) is 48.3 Å². The lowest BCUT2D eigenvalue weighted by Crippen LogP contribution is -2.52. The van der Waals surface area contributed by atoms with Gasteiger partial charge in [-0.2, -0.15) is 5.26 Å². The Balaban J connectivity index is 1.62. The molecule has 4 nitrogen and oxygen atoms in total. The van der Waals surface area contributed by atoms with Crippen LogP contribution < -0.4 is 5.32 Å². The van der Waals surface area contributed by atoms with Crippen LogP contribution in [0.1, 0.15) is 46.0 Å². The van der Waals surface area contributed by atoms with Gasteiger partial charge in [0.1, 0.15) is 5.54 Å². The van der Waals surface area contributed by atoms with E-state index in [0.29, 0.717) is 12.1 Å². The molecule has 2 saturated carbocycles. The molecule has 1 saturated heterocycles. The Labute approximate surface area is 116 Å². The van der Waals surface area contributed by atoms with Gasteiger partial charge in [-0.15, -0.1) is 0 Å². The summed E-state index contributed by atoms with van der Waals surface area (Å²) in [6.07, 6.45) is 5.62. The second kappa shape index (κ2) is 4.73. The standard InChI is InChI=1S/C15H25N3O/c1-14(2)11-18(7-8-19-14)13-5-6-15(9-13,10-16)17-12-3-4-12/h12-13,17H,3-9,11H2,1-2H3. The maximum atomic E-state index is 9.56. The summed E-state index contributed by atoms with van der Waals surface area (Å²) in [6.45, 7) is 7.14. The first-order valence-corrected chi connectivity index (χ1v) is 7.59. The summed E-state index contributed by atoms with van der Waals surface area (Å²) in [7, 11) is 0. The van der Waals surface area contributed by atoms with Gasteiger partial charge in [-0.1, -0.05) is 0 Å². The average molecular weight is 263 g/mol. The van der Waals surface area contributed by atoms with Crippen molar-refractivity contribution in [3.8, 4) is 6.07 Å². The fourth-order valence-electron chi connectivity index (χ4n) is 3.58. The first kappa shape index (κ1) is 13.4. The van der Waals surface area contributed by atoms with Crippen LogP contribution in [0.2, 0.25) is 0 Å². The van der Waals surface area contributed by atoms with Crippen LogP contribution in [0.4, 0.5) is 0 Å². The highest BCUT2D eigenvalue weighted by atomic mass is 16.5. The molecule has 0 amide bonds. The Kier molecular flexibility index (Phi) is 3.33. The smallest absolute Gasteiger partial charge is 0.108 e. The van der Waals surface area contributed by atoms with Crippen molar-refractivity contribution in [2.75, 3.05) is 19.7 Å². The van der Waals surface area contributed by atoms with E-state index in [-0.39, 0.29) is 11.1 Å². The Morgan fingerprint density at radius 2 is 2.11 bits per heavy atom. The molecule has 19 heavy (non-hydrogen) atoms. The van der Waals surface area contributed by atoms with Gasteiger partial charge in [-0.25, -0.2) is 0 Å². The summed E-state index contributed by atoms with van der Waals surface area (Å²) in [5.74, 6) is 0. The molecule has 2 atom stereocenters. The van der Waals surface area contributed by atoms with Crippen LogP contribution in [-0.4, -0.2) is 47.8 Å². The van der Waals surface area contributed by atoms with Crippen LogP contribution in [0.25, 0.3) is 0 Å². The maximum absolute atomic E-state index is 9.56. The summed E-state index contributed by atoms with van der Waals surface area (Å²) in [5.41, 5.74) is -0.297. The van der Waals surface area contributed by atoms with Crippen LogP contribution in [0.3, 0.4) is 0 Å². The van der Waals surface area contributed by atoms with Crippen LogP contribution in [0, 0.1) is 11.3 Å². The van der Waals surface area contributed by atoms with E-state index >= 15 is 0 Å². The Morgan fingerprint density at radius 1 is 1.32 bits per heavy atom. The van der Waals surface area contributed by atoms with Crippen LogP contribution in [0.15, 0.2) is 0 Å². The number of nitriles is 1. The molecule has 0 spiro atoms. The monoisotopic (exact) mass is 263 g/mol. The van der Waals surface area contributed by atoms with Crippen molar-refractivity contribution < 1.29 is 4.74 Å². The summed E-state index contributed by atoms with van der Waals surface area (Å²) in [6, 6.07) is 3.73. The van der Waals surface area contributed by atoms with Gasteiger partial charge in [0.25, 0.3) is 0 Å². The highest BCUT2D eigenvalue weighted by Crippen LogP contribution is 2.37. The molecule has 3 aliphatic rings. The van der Waals surface area contributed by atoms with E-state index < -0.39 is 0 Å². The van der Waals surface area contributed by atoms with E-state index in [4.69, 9.17) is 4.74 Å². The van der Waals surface area contributed by atoms with E-state index in [1.165, 1.54) is 12.8 Å². The zero-order chi connectivity index (χ0) is 13.5. The fraction of sp³-hybridized carbons (Fsp3) is 0.933. The minimum absolute atomic E-state index is 0.0416. The number of hydrogen-bond donors (Lipinski definition) is 1. The van der Waals surface area contributed by atoms with E-state index in [9.17, 15) is 5.26 Å². The molecule has 2 unspecified atom stereocenters. The van der Waals surface area contributed by atoms with Crippen molar-refractivity contribution in [1.82, 2.24) is 10.2 Å². The van der Waals surface area contributed by atoms with Gasteiger partial charge in [-0.05, 0) is 46.0 Å². The lowest BCUT2D eigenvalue weighted by Gasteiger charge is -2.41. The van der Waals surface area contributed by atoms with Crippen molar-refractivity contribution >= 4 is 0 Å². The van der Waals surface area contributed by atoms with Crippen LogP contribution in [0.5, 0.6) is 0 Å². The van der Waals surface area contributed by atoms with Gasteiger partial charge >= 0.3 is 0 Å². The van der Waals surface area contributed by atoms with Gasteiger partial charge in [0.2, 0.25) is 0 Å². The molecule has 0 aromatic carbocycles. The number of hydrogen-bond acceptors (Lipinski definition) is 4. The van der Waals surface area contributed by atoms with Crippen molar-refractivity contribution in [2.24, 2.45) is 0 Å². The van der Waals surface area contributed by atoms with Gasteiger partial charge in [0.15, 0.2) is 0 Å². The lowest BCUT2D eigenvalue weighted by molar-refractivity contribution is -0.0967. The molecule has 2 aliphatic carbocycles. The first-order chi connectivity index (χ1) is 9.02. The van der Waals surface area contributed by atoms with Crippen LogP contribution in [-0.2, 0) is 4.74 Å². The van der Waals surface area contributed by atoms with Gasteiger partial charge in [0, 0.05) is 25.2 Å². The number of rotatable bonds is 3. The molecular weight excluding hydrogens is 238 g/mol. The quantitative estimate of drug-likeness (QED) is 0.841. The molecular formula is C15H25N3O. The van der Waals surface area contributed by atoms with Crippen molar-refractivity contribution in [2.45, 2.75) is 69.2 Å². The second-order valence-corrected chi connectivity index (χ2v) is 7.09. The van der Waals surface area contributed by atoms with Crippen molar-refractivity contribution in [1.29, 1.82) is 5.26 Å². The zero-order valence-corrected chi connectivity index (χ0v) is 12.1. The van der Waals surface area contributed by atoms with Gasteiger partial charge in [0.05, 0.1) is 18.3 Å². The Hall–Kier alpha value is -0.630. The molecule has 0 radical (unpaired) electrons. The molecule has 3 rings (SSSR count). The van der Waals surface area contributed by atoms with E-state index in [2.05, 4.69) is 30.1 Å². The first-order valence-electron chi connectivity index (χ1n) is 7.59. The molecule has 4 heteroatoms. The Morgan fingerprint density at radius 3 is 2.74 bits per heavy atom. The molecule has 1 N–H and O–H groups in total. The third-order valence-corrected chi connectivity index (χ3v) is 4.73. The third-order valence-electron chi connectivity index (χ3n) is 4.73. The molecule has 106 valence electrons. The summed E-state index contributed by atoms with van der Waals surface area (Å²) in [5, 5.41) is 13.1. The normalized spacial score (nSPS) is 39.1. The second-order valence-electron chi connectivity index (χ2n) is 7.09. The molecule has 0 bridgehead atoms. The van der Waals surface area contributed by atoms with Gasteiger partial charge < -0.3 is 4.74 Å². The van der Waals surface area contributed by atoms with Crippen molar-refractivity contribution in [3.05, 3.63) is 0 Å². The average Bonchev–Trinajstić information content (AvgIpc) is 3.05. The zero-order valence-electron chi connectivity index (χ0n) is 12.1. The third kappa shape index (κ3) is 2.94. The Bertz CT molecular complexity index is 385. The van der Waals surface area contributed by atoms with Crippen LogP contribution >= 0.6 is 0 Å². The van der Waals surface area contributed by atoms with E-state index in [1.54, 1.807) is 0 Å². The number of nitrogens with zero attached hydrogens (tertiary/aromatic N) is 2. The summed E-state index contributed by atoms with van der Waals surface area (Å²) in [4.78, 5) is 2.54. The van der Waals surface area contributed by atoms with E-state index in [1.807, 2.05) is 0 Å². The lowest BCUT2D eigenvalue weighted by atomic mass is 9.98. The number of nitrogens with one attached hydrogen (secondary N) is 1. The maximum Gasteiger partial charge on any atom is 0.108 e. The SMILES string of the molecule is CC1(C)CN(C2CCC(C#N)(NC3CC3)C2)CCO1. The van der Waals surface area contributed by atoms with Crippen molar-refractivity contribution in [3.63, 3.8) is 0 Å². The largest absolute Gasteiger partial charge is 0.373 e. The number of ether oxygens (including phenoxy) is 1. The molecule has 0 aromatic heterocycles. The molecule has 3 fully saturated rings. The minimum Gasteiger partial charge on any atom is -0.373 e. The minimum atomic E-state index is -0.256. The van der Waals surface area contributed by atoms with Gasteiger partial charge in [-0.3, -0.25) is 10.2 Å². The summed E-state index contributed by atoms with van der Waals surface area (Å²) >= 11 is 0. The predicted molar refractivity (Wildman–Crippen MR) is 73.7 cm³/mol. The predicted octanol–water partition coefficient (Wildman–Crippen LogP) is 1.66. The number of morpholine rings is 1. The van der Waals surface area contributed by atoms with E-state index in [0.717, 1.165) is 39.0 Å². The molecule has 0 aromatic rings. The molecule has 1 heterocycles. The summed E-state index contributed by atoms with van der Waals surface area (Å²) < 4.78 is 5.79. The highest BCUT2D eigenvalue weighted by Gasteiger charge is 2.45.